The summed E-state index contributed by atoms with van der Waals surface area (Å²) >= 11 is 5.83. The van der Waals surface area contributed by atoms with Crippen molar-refractivity contribution < 1.29 is 0 Å². The van der Waals surface area contributed by atoms with Gasteiger partial charge in [-0.15, -0.1) is 11.6 Å². The largest absolute Gasteiger partial charge is 0.297 e. The molecule has 0 amide bonds. The second kappa shape index (κ2) is 6.36. The predicted molar refractivity (Wildman–Crippen MR) is 72.3 cm³/mol. The molecule has 3 heteroatoms. The fraction of sp³-hybridized carbons (Fsp3) is 0.643. The Bertz CT molecular complexity index is 352. The lowest BCUT2D eigenvalue weighted by atomic mass is 9.95. The minimum atomic E-state index is 0.783. The van der Waals surface area contributed by atoms with Gasteiger partial charge in [-0.3, -0.25) is 9.88 Å². The molecule has 2 nitrogen and oxygen atoms in total. The third-order valence-electron chi connectivity index (χ3n) is 3.45. The first-order valence-corrected chi connectivity index (χ1v) is 7.02. The molecular weight excluding hydrogens is 232 g/mol. The van der Waals surface area contributed by atoms with Gasteiger partial charge >= 0.3 is 0 Å². The maximum Gasteiger partial charge on any atom is 0.0547 e. The summed E-state index contributed by atoms with van der Waals surface area (Å²) in [6, 6.07) is 6.27. The fourth-order valence-electron chi connectivity index (χ4n) is 2.60. The number of halogens is 1. The highest BCUT2D eigenvalue weighted by molar-refractivity contribution is 6.17. The molecule has 17 heavy (non-hydrogen) atoms. The van der Waals surface area contributed by atoms with Gasteiger partial charge in [0.1, 0.15) is 0 Å². The van der Waals surface area contributed by atoms with Crippen molar-refractivity contribution in [3.05, 3.63) is 29.6 Å². The van der Waals surface area contributed by atoms with Gasteiger partial charge in [0.25, 0.3) is 0 Å². The molecule has 0 spiro atoms. The Morgan fingerprint density at radius 1 is 1.47 bits per heavy atom. The van der Waals surface area contributed by atoms with Crippen LogP contribution in [0.4, 0.5) is 0 Å². The molecule has 0 bridgehead atoms. The van der Waals surface area contributed by atoms with Crippen LogP contribution in [0, 0.1) is 12.8 Å². The van der Waals surface area contributed by atoms with Crippen molar-refractivity contribution in [2.45, 2.75) is 32.7 Å². The lowest BCUT2D eigenvalue weighted by Crippen LogP contribution is -2.35. The van der Waals surface area contributed by atoms with Crippen molar-refractivity contribution in [3.63, 3.8) is 0 Å². The maximum atomic E-state index is 5.83. The molecule has 0 radical (unpaired) electrons. The molecule has 1 unspecified atom stereocenters. The van der Waals surface area contributed by atoms with E-state index < -0.39 is 0 Å². The molecule has 1 aromatic rings. The van der Waals surface area contributed by atoms with Crippen LogP contribution >= 0.6 is 11.6 Å². The first kappa shape index (κ1) is 12.8. The molecule has 2 rings (SSSR count). The lowest BCUT2D eigenvalue weighted by Gasteiger charge is -2.32. The SMILES string of the molecule is Cc1cccc(CN2CCCC(CCCl)C2)n1. The van der Waals surface area contributed by atoms with Gasteiger partial charge in [0.15, 0.2) is 0 Å². The average Bonchev–Trinajstić information content (AvgIpc) is 2.30. The molecule has 1 aliphatic heterocycles. The van der Waals surface area contributed by atoms with Gasteiger partial charge in [0.05, 0.1) is 5.69 Å². The number of piperidine rings is 1. The number of alkyl halides is 1. The van der Waals surface area contributed by atoms with Crippen molar-refractivity contribution >= 4 is 11.6 Å². The smallest absolute Gasteiger partial charge is 0.0547 e. The van der Waals surface area contributed by atoms with E-state index in [0.29, 0.717) is 0 Å². The number of aryl methyl sites for hydroxylation is 1. The molecule has 1 aliphatic rings. The Hall–Kier alpha value is -0.600. The Labute approximate surface area is 109 Å². The van der Waals surface area contributed by atoms with Gasteiger partial charge in [0, 0.05) is 24.7 Å². The van der Waals surface area contributed by atoms with Gasteiger partial charge in [-0.1, -0.05) is 6.07 Å². The normalized spacial score (nSPS) is 21.6. The zero-order valence-corrected chi connectivity index (χ0v) is 11.3. The lowest BCUT2D eigenvalue weighted by molar-refractivity contribution is 0.163. The van der Waals surface area contributed by atoms with Crippen LogP contribution in [0.15, 0.2) is 18.2 Å². The summed E-state index contributed by atoms with van der Waals surface area (Å²) in [5.41, 5.74) is 2.30. The number of rotatable bonds is 4. The van der Waals surface area contributed by atoms with Crippen molar-refractivity contribution in [2.75, 3.05) is 19.0 Å². The van der Waals surface area contributed by atoms with E-state index in [-0.39, 0.29) is 0 Å². The second-order valence-electron chi connectivity index (χ2n) is 4.99. The van der Waals surface area contributed by atoms with Crippen LogP contribution in [0.2, 0.25) is 0 Å². The second-order valence-corrected chi connectivity index (χ2v) is 5.37. The Morgan fingerprint density at radius 3 is 3.12 bits per heavy atom. The first-order chi connectivity index (χ1) is 8.28. The molecular formula is C14H21ClN2. The summed E-state index contributed by atoms with van der Waals surface area (Å²) in [4.78, 5) is 7.09. The highest BCUT2D eigenvalue weighted by Crippen LogP contribution is 2.21. The van der Waals surface area contributed by atoms with Crippen LogP contribution in [-0.4, -0.2) is 28.9 Å². The molecule has 1 aromatic heterocycles. The van der Waals surface area contributed by atoms with Gasteiger partial charge < -0.3 is 0 Å². The highest BCUT2D eigenvalue weighted by atomic mass is 35.5. The minimum absolute atomic E-state index is 0.783. The van der Waals surface area contributed by atoms with E-state index in [1.807, 2.05) is 0 Å². The molecule has 0 N–H and O–H groups in total. The van der Waals surface area contributed by atoms with Crippen LogP contribution < -0.4 is 0 Å². The first-order valence-electron chi connectivity index (χ1n) is 6.49. The highest BCUT2D eigenvalue weighted by Gasteiger charge is 2.19. The van der Waals surface area contributed by atoms with E-state index in [1.165, 1.54) is 31.6 Å². The zero-order valence-electron chi connectivity index (χ0n) is 10.5. The van der Waals surface area contributed by atoms with Gasteiger partial charge in [-0.05, 0) is 50.8 Å². The summed E-state index contributed by atoms with van der Waals surface area (Å²) in [6.45, 7) is 5.42. The number of hydrogen-bond donors (Lipinski definition) is 0. The Balaban J connectivity index is 1.90. The van der Waals surface area contributed by atoms with Crippen molar-refractivity contribution in [3.8, 4) is 0 Å². The van der Waals surface area contributed by atoms with Crippen LogP contribution in [0.5, 0.6) is 0 Å². The quantitative estimate of drug-likeness (QED) is 0.765. The third kappa shape index (κ3) is 3.97. The third-order valence-corrected chi connectivity index (χ3v) is 3.67. The molecule has 0 saturated carbocycles. The van der Waals surface area contributed by atoms with Crippen molar-refractivity contribution in [2.24, 2.45) is 5.92 Å². The summed E-state index contributed by atoms with van der Waals surface area (Å²) in [6.07, 6.45) is 3.79. The summed E-state index contributed by atoms with van der Waals surface area (Å²) in [5, 5.41) is 0. The van der Waals surface area contributed by atoms with Gasteiger partial charge in [0.2, 0.25) is 0 Å². The number of likely N-dealkylation sites (tertiary alicyclic amines) is 1. The Kier molecular flexibility index (Phi) is 4.81. The summed E-state index contributed by atoms with van der Waals surface area (Å²) in [5.74, 6) is 1.58. The number of hydrogen-bond acceptors (Lipinski definition) is 2. The van der Waals surface area contributed by atoms with E-state index in [4.69, 9.17) is 11.6 Å². The predicted octanol–water partition coefficient (Wildman–Crippen LogP) is 3.23. The van der Waals surface area contributed by atoms with Crippen LogP contribution in [0.1, 0.15) is 30.7 Å². The van der Waals surface area contributed by atoms with E-state index >= 15 is 0 Å². The molecule has 0 aliphatic carbocycles. The standard InChI is InChI=1S/C14H21ClN2/c1-12-4-2-6-14(16-12)11-17-9-3-5-13(10-17)7-8-15/h2,4,6,13H,3,5,7-11H2,1H3. The molecule has 94 valence electrons. The summed E-state index contributed by atoms with van der Waals surface area (Å²) in [7, 11) is 0. The summed E-state index contributed by atoms with van der Waals surface area (Å²) < 4.78 is 0. The van der Waals surface area contributed by atoms with E-state index in [9.17, 15) is 0 Å². The van der Waals surface area contributed by atoms with E-state index in [2.05, 4.69) is 35.0 Å². The van der Waals surface area contributed by atoms with Crippen LogP contribution in [-0.2, 0) is 6.54 Å². The average molecular weight is 253 g/mol. The molecule has 1 saturated heterocycles. The van der Waals surface area contributed by atoms with Gasteiger partial charge in [-0.25, -0.2) is 0 Å². The van der Waals surface area contributed by atoms with Crippen LogP contribution in [0.25, 0.3) is 0 Å². The van der Waals surface area contributed by atoms with E-state index in [0.717, 1.165) is 30.5 Å². The van der Waals surface area contributed by atoms with Crippen molar-refractivity contribution in [1.29, 1.82) is 0 Å². The Morgan fingerprint density at radius 2 is 2.35 bits per heavy atom. The zero-order chi connectivity index (χ0) is 12.1. The minimum Gasteiger partial charge on any atom is -0.297 e. The molecule has 0 aromatic carbocycles. The molecule has 1 atom stereocenters. The number of pyridine rings is 1. The monoisotopic (exact) mass is 252 g/mol. The van der Waals surface area contributed by atoms with Crippen LogP contribution in [0.3, 0.4) is 0 Å². The fourth-order valence-corrected chi connectivity index (χ4v) is 2.91. The maximum absolute atomic E-state index is 5.83. The van der Waals surface area contributed by atoms with Gasteiger partial charge in [-0.2, -0.15) is 0 Å². The topological polar surface area (TPSA) is 16.1 Å². The van der Waals surface area contributed by atoms with Crippen molar-refractivity contribution in [1.82, 2.24) is 9.88 Å². The molecule has 2 heterocycles. The number of aromatic nitrogens is 1. The van der Waals surface area contributed by atoms with E-state index in [1.54, 1.807) is 0 Å². The number of nitrogens with zero attached hydrogens (tertiary/aromatic N) is 2. The molecule has 1 fully saturated rings.